The highest BCUT2D eigenvalue weighted by molar-refractivity contribution is 5.85. The molecule has 4 nitrogen and oxygen atoms in total. The van der Waals surface area contributed by atoms with Gasteiger partial charge in [0.2, 0.25) is 5.91 Å². The molecule has 0 aliphatic rings. The van der Waals surface area contributed by atoms with E-state index >= 15 is 0 Å². The number of amides is 1. The van der Waals surface area contributed by atoms with Gasteiger partial charge in [-0.25, -0.2) is 4.39 Å². The van der Waals surface area contributed by atoms with E-state index in [2.05, 4.69) is 5.32 Å². The first-order valence-corrected chi connectivity index (χ1v) is 5.69. The molecule has 1 aromatic rings. The lowest BCUT2D eigenvalue weighted by atomic mass is 9.94. The van der Waals surface area contributed by atoms with Gasteiger partial charge in [-0.1, -0.05) is 12.1 Å². The van der Waals surface area contributed by atoms with Gasteiger partial charge in [0.1, 0.15) is 11.9 Å². The van der Waals surface area contributed by atoms with Gasteiger partial charge in [0.25, 0.3) is 0 Å². The second-order valence-corrected chi connectivity index (χ2v) is 4.69. The van der Waals surface area contributed by atoms with E-state index in [1.807, 2.05) is 0 Å². The minimum atomic E-state index is -0.733. The maximum atomic E-state index is 13.2. The van der Waals surface area contributed by atoms with Crippen LogP contribution < -0.4 is 11.1 Å². The number of rotatable bonds is 5. The van der Waals surface area contributed by atoms with Crippen LogP contribution in [0.1, 0.15) is 19.4 Å². The van der Waals surface area contributed by atoms with Gasteiger partial charge >= 0.3 is 0 Å². The molecule has 1 atom stereocenters. The number of methoxy groups -OCH3 is 1. The summed E-state index contributed by atoms with van der Waals surface area (Å²) in [6, 6.07) is 5.38. The van der Waals surface area contributed by atoms with Crippen LogP contribution in [0, 0.1) is 5.82 Å². The SMILES string of the molecule is COCC(N)C(=O)NC(C)(C)c1cccc(F)c1.Cl. The van der Waals surface area contributed by atoms with E-state index in [1.165, 1.54) is 19.2 Å². The molecule has 0 spiro atoms. The smallest absolute Gasteiger partial charge is 0.239 e. The topological polar surface area (TPSA) is 64.3 Å². The monoisotopic (exact) mass is 290 g/mol. The van der Waals surface area contributed by atoms with Crippen LogP contribution in [0.2, 0.25) is 0 Å². The van der Waals surface area contributed by atoms with Gasteiger partial charge in [0.15, 0.2) is 0 Å². The molecule has 19 heavy (non-hydrogen) atoms. The maximum Gasteiger partial charge on any atom is 0.239 e. The van der Waals surface area contributed by atoms with Gasteiger partial charge in [-0.3, -0.25) is 4.79 Å². The molecule has 0 heterocycles. The number of ether oxygens (including phenoxy) is 1. The summed E-state index contributed by atoms with van der Waals surface area (Å²) in [4.78, 5) is 11.8. The second-order valence-electron chi connectivity index (χ2n) is 4.69. The zero-order valence-corrected chi connectivity index (χ0v) is 12.1. The number of nitrogens with two attached hydrogens (primary N) is 1. The summed E-state index contributed by atoms with van der Waals surface area (Å²) >= 11 is 0. The van der Waals surface area contributed by atoms with E-state index in [4.69, 9.17) is 10.5 Å². The summed E-state index contributed by atoms with van der Waals surface area (Å²) in [6.45, 7) is 3.73. The van der Waals surface area contributed by atoms with Crippen LogP contribution >= 0.6 is 12.4 Å². The number of nitrogens with one attached hydrogen (secondary N) is 1. The lowest BCUT2D eigenvalue weighted by molar-refractivity contribution is -0.125. The molecule has 0 aromatic heterocycles. The van der Waals surface area contributed by atoms with Crippen molar-refractivity contribution in [3.8, 4) is 0 Å². The van der Waals surface area contributed by atoms with Crippen molar-refractivity contribution in [1.29, 1.82) is 0 Å². The van der Waals surface area contributed by atoms with Crippen molar-refractivity contribution in [3.63, 3.8) is 0 Å². The van der Waals surface area contributed by atoms with Crippen LogP contribution in [0.3, 0.4) is 0 Å². The molecule has 6 heteroatoms. The predicted octanol–water partition coefficient (Wildman–Crippen LogP) is 1.57. The number of halogens is 2. The average Bonchev–Trinajstić information content (AvgIpc) is 2.28. The molecule has 1 unspecified atom stereocenters. The van der Waals surface area contributed by atoms with Crippen molar-refractivity contribution in [2.24, 2.45) is 5.73 Å². The zero-order chi connectivity index (χ0) is 13.8. The lowest BCUT2D eigenvalue weighted by Gasteiger charge is -2.28. The molecule has 3 N–H and O–H groups in total. The third-order valence-corrected chi connectivity index (χ3v) is 2.67. The normalized spacial score (nSPS) is 12.5. The highest BCUT2D eigenvalue weighted by Gasteiger charge is 2.25. The Bertz CT molecular complexity index is 427. The standard InChI is InChI=1S/C13H19FN2O2.ClH/c1-13(2,9-5-4-6-10(14)7-9)16-12(17)11(15)8-18-3;/h4-7,11H,8,15H2,1-3H3,(H,16,17);1H. The number of hydrogen-bond acceptors (Lipinski definition) is 3. The summed E-state index contributed by atoms with van der Waals surface area (Å²) < 4.78 is 18.0. The molecule has 1 rings (SSSR count). The van der Waals surface area contributed by atoms with Gasteiger partial charge in [-0.2, -0.15) is 0 Å². The summed E-state index contributed by atoms with van der Waals surface area (Å²) in [6.07, 6.45) is 0. The Kier molecular flexibility index (Phi) is 6.97. The molecule has 0 fully saturated rings. The van der Waals surface area contributed by atoms with Gasteiger partial charge in [0.05, 0.1) is 12.1 Å². The maximum absolute atomic E-state index is 13.2. The molecule has 1 amide bonds. The van der Waals surface area contributed by atoms with Crippen molar-refractivity contribution >= 4 is 18.3 Å². The van der Waals surface area contributed by atoms with Crippen molar-refractivity contribution in [2.45, 2.75) is 25.4 Å². The number of hydrogen-bond donors (Lipinski definition) is 2. The molecule has 1 aromatic carbocycles. The van der Waals surface area contributed by atoms with E-state index in [-0.39, 0.29) is 30.7 Å². The fraction of sp³-hybridized carbons (Fsp3) is 0.462. The first-order valence-electron chi connectivity index (χ1n) is 5.69. The molecular formula is C13H20ClFN2O2. The van der Waals surface area contributed by atoms with Gasteiger partial charge in [-0.15, -0.1) is 12.4 Å². The van der Waals surface area contributed by atoms with Crippen molar-refractivity contribution in [3.05, 3.63) is 35.6 Å². The Morgan fingerprint density at radius 1 is 1.53 bits per heavy atom. The molecule has 0 aliphatic carbocycles. The fourth-order valence-electron chi connectivity index (χ4n) is 1.61. The number of carbonyl (C=O) groups is 1. The van der Waals surface area contributed by atoms with Gasteiger partial charge in [-0.05, 0) is 31.5 Å². The molecule has 0 bridgehead atoms. The summed E-state index contributed by atoms with van der Waals surface area (Å²) in [5.41, 5.74) is 5.62. The van der Waals surface area contributed by atoms with Gasteiger partial charge < -0.3 is 15.8 Å². The Labute approximate surface area is 118 Å². The van der Waals surface area contributed by atoms with Crippen LogP contribution in [0.15, 0.2) is 24.3 Å². The Hall–Kier alpha value is -1.17. The second kappa shape index (κ2) is 7.43. The molecule has 108 valence electrons. The van der Waals surface area contributed by atoms with Crippen LogP contribution in [0.25, 0.3) is 0 Å². The predicted molar refractivity (Wildman–Crippen MR) is 74.7 cm³/mol. The third-order valence-electron chi connectivity index (χ3n) is 2.67. The molecule has 0 aliphatic heterocycles. The Morgan fingerprint density at radius 2 is 2.16 bits per heavy atom. The van der Waals surface area contributed by atoms with Crippen LogP contribution in [0.4, 0.5) is 4.39 Å². The van der Waals surface area contributed by atoms with Gasteiger partial charge in [0, 0.05) is 7.11 Å². The number of benzene rings is 1. The Balaban J connectivity index is 0.00000324. The van der Waals surface area contributed by atoms with E-state index in [0.717, 1.165) is 0 Å². The molecule has 0 saturated carbocycles. The van der Waals surface area contributed by atoms with Crippen molar-refractivity contribution < 1.29 is 13.9 Å². The highest BCUT2D eigenvalue weighted by atomic mass is 35.5. The lowest BCUT2D eigenvalue weighted by Crippen LogP contribution is -2.50. The first kappa shape index (κ1) is 17.8. The third kappa shape index (κ3) is 5.14. The average molecular weight is 291 g/mol. The highest BCUT2D eigenvalue weighted by Crippen LogP contribution is 2.20. The van der Waals surface area contributed by atoms with E-state index < -0.39 is 11.6 Å². The van der Waals surface area contributed by atoms with Crippen LogP contribution in [-0.2, 0) is 15.1 Å². The summed E-state index contributed by atoms with van der Waals surface area (Å²) in [7, 11) is 1.48. The Morgan fingerprint density at radius 3 is 2.68 bits per heavy atom. The molecule has 0 radical (unpaired) electrons. The van der Waals surface area contributed by atoms with E-state index in [0.29, 0.717) is 5.56 Å². The van der Waals surface area contributed by atoms with Crippen molar-refractivity contribution in [1.82, 2.24) is 5.32 Å². The van der Waals surface area contributed by atoms with E-state index in [1.54, 1.807) is 26.0 Å². The fourth-order valence-corrected chi connectivity index (χ4v) is 1.61. The van der Waals surface area contributed by atoms with E-state index in [9.17, 15) is 9.18 Å². The van der Waals surface area contributed by atoms with Crippen LogP contribution in [-0.4, -0.2) is 25.7 Å². The minimum Gasteiger partial charge on any atom is -0.383 e. The number of carbonyl (C=O) groups excluding carboxylic acids is 1. The van der Waals surface area contributed by atoms with Crippen molar-refractivity contribution in [2.75, 3.05) is 13.7 Å². The minimum absolute atomic E-state index is 0. The summed E-state index contributed by atoms with van der Waals surface area (Å²) in [5, 5.41) is 2.77. The molecule has 0 saturated heterocycles. The zero-order valence-electron chi connectivity index (χ0n) is 11.3. The van der Waals surface area contributed by atoms with Crippen LogP contribution in [0.5, 0.6) is 0 Å². The molecular weight excluding hydrogens is 271 g/mol. The summed E-state index contributed by atoms with van der Waals surface area (Å²) in [5.74, 6) is -0.665. The quantitative estimate of drug-likeness (QED) is 0.865. The largest absolute Gasteiger partial charge is 0.383 e. The first-order chi connectivity index (χ1) is 8.36.